The number of imidazole rings is 1. The van der Waals surface area contributed by atoms with Crippen molar-refractivity contribution in [2.45, 2.75) is 51.1 Å². The van der Waals surface area contributed by atoms with E-state index in [4.69, 9.17) is 0 Å². The highest BCUT2D eigenvalue weighted by Gasteiger charge is 2.12. The minimum absolute atomic E-state index is 0.661. The highest BCUT2D eigenvalue weighted by Crippen LogP contribution is 2.18. The Hall–Kier alpha value is -1.68. The molecule has 20 heavy (non-hydrogen) atoms. The van der Waals surface area contributed by atoms with E-state index in [1.165, 1.54) is 44.1 Å². The topological polar surface area (TPSA) is 42.7 Å². The van der Waals surface area contributed by atoms with Crippen LogP contribution >= 0.6 is 0 Å². The fraction of sp³-hybridized carbons (Fsp3) is 0.500. The molecule has 0 saturated heterocycles. The monoisotopic (exact) mass is 270 g/mol. The zero-order valence-corrected chi connectivity index (χ0v) is 11.8. The van der Waals surface area contributed by atoms with Crippen LogP contribution in [0, 0.1) is 0 Å². The summed E-state index contributed by atoms with van der Waals surface area (Å²) in [5.41, 5.74) is 1.23. The molecule has 1 N–H and O–H groups in total. The van der Waals surface area contributed by atoms with E-state index in [0.717, 1.165) is 12.4 Å². The molecular formula is C16H22N4. The van der Waals surface area contributed by atoms with Crippen LogP contribution in [0.5, 0.6) is 0 Å². The Bertz CT molecular complexity index is 513. The van der Waals surface area contributed by atoms with E-state index in [1.807, 2.05) is 23.0 Å². The molecule has 4 heteroatoms. The Morgan fingerprint density at radius 2 is 2.00 bits per heavy atom. The quantitative estimate of drug-likeness (QED) is 0.868. The first-order chi connectivity index (χ1) is 9.93. The van der Waals surface area contributed by atoms with Gasteiger partial charge in [-0.05, 0) is 18.9 Å². The third-order valence-electron chi connectivity index (χ3n) is 4.05. The van der Waals surface area contributed by atoms with Crippen molar-refractivity contribution in [2.24, 2.45) is 0 Å². The van der Waals surface area contributed by atoms with Gasteiger partial charge in [0.2, 0.25) is 0 Å². The van der Waals surface area contributed by atoms with Gasteiger partial charge in [-0.2, -0.15) is 0 Å². The Kier molecular flexibility index (Phi) is 4.43. The van der Waals surface area contributed by atoms with Crippen molar-refractivity contribution in [3.05, 3.63) is 42.6 Å². The summed E-state index contributed by atoms with van der Waals surface area (Å²) in [6, 6.07) is 4.81. The minimum atomic E-state index is 0.661. The van der Waals surface area contributed by atoms with Crippen molar-refractivity contribution in [3.63, 3.8) is 0 Å². The average molecular weight is 270 g/mol. The van der Waals surface area contributed by atoms with Crippen LogP contribution < -0.4 is 5.32 Å². The molecule has 1 aliphatic rings. The number of nitrogens with zero attached hydrogens (tertiary/aromatic N) is 3. The number of aromatic nitrogens is 3. The van der Waals surface area contributed by atoms with Gasteiger partial charge in [0.15, 0.2) is 0 Å². The molecule has 1 saturated carbocycles. The van der Waals surface area contributed by atoms with Gasteiger partial charge in [0.1, 0.15) is 12.1 Å². The second kappa shape index (κ2) is 6.66. The fourth-order valence-corrected chi connectivity index (χ4v) is 2.92. The van der Waals surface area contributed by atoms with Gasteiger partial charge in [-0.25, -0.2) is 9.97 Å². The molecule has 0 unspecified atom stereocenters. The predicted octanol–water partition coefficient (Wildman–Crippen LogP) is 3.08. The Labute approximate surface area is 120 Å². The van der Waals surface area contributed by atoms with Gasteiger partial charge in [-0.3, -0.25) is 4.57 Å². The first kappa shape index (κ1) is 13.3. The van der Waals surface area contributed by atoms with Crippen LogP contribution in [0.25, 0.3) is 5.82 Å². The molecule has 4 nitrogen and oxygen atoms in total. The molecule has 1 fully saturated rings. The molecule has 0 atom stereocenters. The van der Waals surface area contributed by atoms with Crippen LogP contribution in [-0.2, 0) is 6.54 Å². The molecule has 3 rings (SSSR count). The van der Waals surface area contributed by atoms with E-state index < -0.39 is 0 Å². The lowest BCUT2D eigenvalue weighted by molar-refractivity contribution is 0.458. The zero-order valence-electron chi connectivity index (χ0n) is 11.8. The number of hydrogen-bond donors (Lipinski definition) is 1. The highest BCUT2D eigenvalue weighted by molar-refractivity contribution is 5.33. The average Bonchev–Trinajstić information content (AvgIpc) is 2.89. The highest BCUT2D eigenvalue weighted by atomic mass is 15.1. The van der Waals surface area contributed by atoms with Crippen LogP contribution in [0.15, 0.2) is 37.1 Å². The van der Waals surface area contributed by atoms with Crippen molar-refractivity contribution in [1.29, 1.82) is 0 Å². The molecule has 0 bridgehead atoms. The maximum absolute atomic E-state index is 4.49. The van der Waals surface area contributed by atoms with E-state index in [2.05, 4.69) is 21.4 Å². The van der Waals surface area contributed by atoms with Gasteiger partial charge in [0.05, 0.1) is 0 Å². The first-order valence-corrected chi connectivity index (χ1v) is 7.59. The smallest absolute Gasteiger partial charge is 0.142 e. The number of pyridine rings is 1. The molecule has 106 valence electrons. The summed E-state index contributed by atoms with van der Waals surface area (Å²) >= 11 is 0. The van der Waals surface area contributed by atoms with E-state index in [9.17, 15) is 0 Å². The van der Waals surface area contributed by atoms with Crippen molar-refractivity contribution in [3.8, 4) is 5.82 Å². The largest absolute Gasteiger partial charge is 0.310 e. The lowest BCUT2D eigenvalue weighted by Crippen LogP contribution is -2.28. The maximum Gasteiger partial charge on any atom is 0.142 e. The van der Waals surface area contributed by atoms with Crippen molar-refractivity contribution >= 4 is 0 Å². The van der Waals surface area contributed by atoms with Crippen LogP contribution in [0.1, 0.15) is 44.1 Å². The Morgan fingerprint density at radius 1 is 1.15 bits per heavy atom. The van der Waals surface area contributed by atoms with Gasteiger partial charge in [-0.1, -0.05) is 31.7 Å². The van der Waals surface area contributed by atoms with Crippen molar-refractivity contribution < 1.29 is 0 Å². The minimum Gasteiger partial charge on any atom is -0.310 e. The number of nitrogens with one attached hydrogen (secondary N) is 1. The molecule has 2 aromatic heterocycles. The van der Waals surface area contributed by atoms with Crippen molar-refractivity contribution in [2.75, 3.05) is 0 Å². The summed E-state index contributed by atoms with van der Waals surface area (Å²) < 4.78 is 1.98. The number of rotatable bonds is 4. The SMILES string of the molecule is c1cnc(-n2ccnc2)c(CNC2CCCCCC2)c1. The van der Waals surface area contributed by atoms with E-state index in [0.29, 0.717) is 6.04 Å². The third kappa shape index (κ3) is 3.25. The lowest BCUT2D eigenvalue weighted by Gasteiger charge is -2.17. The second-order valence-electron chi connectivity index (χ2n) is 5.53. The predicted molar refractivity (Wildman–Crippen MR) is 79.7 cm³/mol. The second-order valence-corrected chi connectivity index (χ2v) is 5.53. The summed E-state index contributed by atoms with van der Waals surface area (Å²) in [6.45, 7) is 0.881. The molecule has 0 aliphatic heterocycles. The van der Waals surface area contributed by atoms with Gasteiger partial charge < -0.3 is 5.32 Å². The van der Waals surface area contributed by atoms with E-state index >= 15 is 0 Å². The Balaban J connectivity index is 1.68. The van der Waals surface area contributed by atoms with Crippen LogP contribution in [0.2, 0.25) is 0 Å². The standard InChI is InChI=1S/C16H22N4/c1-2-4-8-15(7-3-1)19-12-14-6-5-9-18-16(14)20-11-10-17-13-20/h5-6,9-11,13,15,19H,1-4,7-8,12H2. The maximum atomic E-state index is 4.49. The van der Waals surface area contributed by atoms with Gasteiger partial charge >= 0.3 is 0 Å². The molecule has 0 amide bonds. The Morgan fingerprint density at radius 3 is 2.75 bits per heavy atom. The molecular weight excluding hydrogens is 248 g/mol. The van der Waals surface area contributed by atoms with E-state index in [1.54, 1.807) is 12.5 Å². The van der Waals surface area contributed by atoms with Crippen molar-refractivity contribution in [1.82, 2.24) is 19.9 Å². The summed E-state index contributed by atoms with van der Waals surface area (Å²) in [4.78, 5) is 8.59. The van der Waals surface area contributed by atoms with Gasteiger partial charge in [0.25, 0.3) is 0 Å². The lowest BCUT2D eigenvalue weighted by atomic mass is 10.1. The zero-order chi connectivity index (χ0) is 13.6. The summed E-state index contributed by atoms with van der Waals surface area (Å²) in [7, 11) is 0. The molecule has 0 radical (unpaired) electrons. The molecule has 2 aromatic rings. The normalized spacial score (nSPS) is 17.0. The summed E-state index contributed by atoms with van der Waals surface area (Å²) in [5.74, 6) is 0.978. The van der Waals surface area contributed by atoms with Crippen LogP contribution in [0.4, 0.5) is 0 Å². The fourth-order valence-electron chi connectivity index (χ4n) is 2.92. The van der Waals surface area contributed by atoms with Gasteiger partial charge in [-0.15, -0.1) is 0 Å². The third-order valence-corrected chi connectivity index (χ3v) is 4.05. The molecule has 0 spiro atoms. The van der Waals surface area contributed by atoms with E-state index in [-0.39, 0.29) is 0 Å². The number of hydrogen-bond acceptors (Lipinski definition) is 3. The first-order valence-electron chi connectivity index (χ1n) is 7.59. The van der Waals surface area contributed by atoms with Gasteiger partial charge in [0, 0.05) is 36.7 Å². The molecule has 0 aromatic carbocycles. The van der Waals surface area contributed by atoms with Crippen LogP contribution in [0.3, 0.4) is 0 Å². The molecule has 1 aliphatic carbocycles. The summed E-state index contributed by atoms with van der Waals surface area (Å²) in [6.07, 6.45) is 15.5. The van der Waals surface area contributed by atoms with Crippen LogP contribution in [-0.4, -0.2) is 20.6 Å². The summed E-state index contributed by atoms with van der Waals surface area (Å²) in [5, 5.41) is 3.71. The molecule has 2 heterocycles.